The number of carbonyl (C=O) groups is 1. The monoisotopic (exact) mass is 264 g/mol. The third-order valence-corrected chi connectivity index (χ3v) is 5.00. The molecule has 0 aromatic carbocycles. The number of carbonyl (C=O) groups excluding carboxylic acids is 1. The molecule has 1 atom stereocenters. The van der Waals surface area contributed by atoms with E-state index in [0.29, 0.717) is 12.6 Å². The van der Waals surface area contributed by atoms with E-state index in [1.807, 2.05) is 17.5 Å². The van der Waals surface area contributed by atoms with Crippen LogP contribution in [-0.4, -0.2) is 54.3 Å². The maximum atomic E-state index is 12.1. The maximum absolute atomic E-state index is 12.1. The number of fused-ring (bicyclic) bond motifs is 1. The number of ketones is 1. The lowest BCUT2D eigenvalue weighted by Crippen LogP contribution is -2.55. The summed E-state index contributed by atoms with van der Waals surface area (Å²) < 4.78 is 0. The number of Topliss-reactive ketones (excluding diaryl/α,β-unsaturated/α-hetero) is 1. The summed E-state index contributed by atoms with van der Waals surface area (Å²) in [6.07, 6.45) is 4.02. The first-order valence-corrected chi connectivity index (χ1v) is 7.74. The zero-order valence-corrected chi connectivity index (χ0v) is 11.5. The Balaban J connectivity index is 1.56. The second-order valence-electron chi connectivity index (χ2n) is 5.32. The van der Waals surface area contributed by atoms with Crippen LogP contribution in [0.3, 0.4) is 0 Å². The summed E-state index contributed by atoms with van der Waals surface area (Å²) in [6, 6.07) is 4.59. The van der Waals surface area contributed by atoms with E-state index in [9.17, 15) is 4.79 Å². The van der Waals surface area contributed by atoms with Gasteiger partial charge in [0, 0.05) is 25.7 Å². The molecule has 0 aliphatic carbocycles. The van der Waals surface area contributed by atoms with Gasteiger partial charge < -0.3 is 0 Å². The Bertz CT molecular complexity index is 404. The topological polar surface area (TPSA) is 23.6 Å². The van der Waals surface area contributed by atoms with Crippen LogP contribution in [0.4, 0.5) is 0 Å². The van der Waals surface area contributed by atoms with Crippen LogP contribution in [0, 0.1) is 0 Å². The molecule has 0 saturated carbocycles. The predicted octanol–water partition coefficient (Wildman–Crippen LogP) is 2.10. The van der Waals surface area contributed by atoms with Crippen LogP contribution in [0.15, 0.2) is 17.5 Å². The van der Waals surface area contributed by atoms with Crippen LogP contribution < -0.4 is 0 Å². The van der Waals surface area contributed by atoms with Crippen molar-refractivity contribution in [2.75, 3.05) is 32.7 Å². The molecular formula is C14H20N2OS. The number of piperazine rings is 1. The van der Waals surface area contributed by atoms with Crippen molar-refractivity contribution in [2.24, 2.45) is 0 Å². The fraction of sp³-hybridized carbons (Fsp3) is 0.643. The van der Waals surface area contributed by atoms with E-state index in [2.05, 4.69) is 9.80 Å². The smallest absolute Gasteiger partial charge is 0.186 e. The van der Waals surface area contributed by atoms with E-state index in [1.54, 1.807) is 11.3 Å². The lowest BCUT2D eigenvalue weighted by molar-refractivity contribution is 0.0470. The molecule has 1 aromatic heterocycles. The third-order valence-electron chi connectivity index (χ3n) is 4.08. The molecule has 18 heavy (non-hydrogen) atoms. The van der Waals surface area contributed by atoms with E-state index in [1.165, 1.54) is 25.8 Å². The van der Waals surface area contributed by atoms with Crippen molar-refractivity contribution in [1.82, 2.24) is 9.80 Å². The van der Waals surface area contributed by atoms with E-state index < -0.39 is 0 Å². The molecular weight excluding hydrogens is 244 g/mol. The van der Waals surface area contributed by atoms with Gasteiger partial charge in [-0.2, -0.15) is 0 Å². The fourth-order valence-corrected chi connectivity index (χ4v) is 3.74. The molecule has 2 fully saturated rings. The van der Waals surface area contributed by atoms with Gasteiger partial charge in [0.1, 0.15) is 0 Å². The number of piperidine rings is 1. The largest absolute Gasteiger partial charge is 0.298 e. The van der Waals surface area contributed by atoms with Gasteiger partial charge >= 0.3 is 0 Å². The Morgan fingerprint density at radius 3 is 3.11 bits per heavy atom. The zero-order valence-electron chi connectivity index (χ0n) is 10.7. The molecule has 0 bridgehead atoms. The fourth-order valence-electron chi connectivity index (χ4n) is 3.08. The van der Waals surface area contributed by atoms with Gasteiger partial charge in [0.2, 0.25) is 0 Å². The quantitative estimate of drug-likeness (QED) is 0.781. The zero-order chi connectivity index (χ0) is 12.4. The normalized spacial score (nSPS) is 25.9. The molecule has 3 heterocycles. The lowest BCUT2D eigenvalue weighted by atomic mass is 9.99. The van der Waals surface area contributed by atoms with E-state index >= 15 is 0 Å². The molecule has 3 rings (SSSR count). The lowest BCUT2D eigenvalue weighted by Gasteiger charge is -2.43. The maximum Gasteiger partial charge on any atom is 0.186 e. The number of thiophene rings is 1. The molecule has 1 unspecified atom stereocenters. The number of rotatable bonds is 3. The summed E-state index contributed by atoms with van der Waals surface area (Å²) in [7, 11) is 0. The summed E-state index contributed by atoms with van der Waals surface area (Å²) in [5.74, 6) is 0.286. The summed E-state index contributed by atoms with van der Waals surface area (Å²) in [5.41, 5.74) is 0. The van der Waals surface area contributed by atoms with Crippen LogP contribution in [0.1, 0.15) is 28.9 Å². The van der Waals surface area contributed by atoms with Crippen molar-refractivity contribution in [3.05, 3.63) is 22.4 Å². The molecule has 2 aliphatic rings. The first kappa shape index (κ1) is 12.3. The highest BCUT2D eigenvalue weighted by Crippen LogP contribution is 2.21. The first-order valence-electron chi connectivity index (χ1n) is 6.86. The Hall–Kier alpha value is -0.710. The number of nitrogens with zero attached hydrogens (tertiary/aromatic N) is 2. The Morgan fingerprint density at radius 1 is 1.33 bits per heavy atom. The highest BCUT2D eigenvalue weighted by Gasteiger charge is 2.29. The molecule has 0 radical (unpaired) electrons. The minimum absolute atomic E-state index is 0.286. The van der Waals surface area contributed by atoms with Crippen LogP contribution in [0.5, 0.6) is 0 Å². The van der Waals surface area contributed by atoms with Gasteiger partial charge in [-0.25, -0.2) is 0 Å². The Morgan fingerprint density at radius 2 is 2.28 bits per heavy atom. The molecule has 0 amide bonds. The van der Waals surface area contributed by atoms with Crippen molar-refractivity contribution in [3.63, 3.8) is 0 Å². The number of hydrogen-bond donors (Lipinski definition) is 0. The molecule has 4 heteroatoms. The van der Waals surface area contributed by atoms with E-state index in [4.69, 9.17) is 0 Å². The van der Waals surface area contributed by atoms with E-state index in [-0.39, 0.29) is 5.78 Å². The average molecular weight is 264 g/mol. The van der Waals surface area contributed by atoms with Gasteiger partial charge in [0.25, 0.3) is 0 Å². The standard InChI is InChI=1S/C14H20N2OS/c17-13(14-5-3-9-18-14)11-15-7-8-16-6-2-1-4-12(16)10-15/h3,5,9,12H,1-2,4,6-8,10-11H2. The van der Waals surface area contributed by atoms with Crippen LogP contribution in [0.2, 0.25) is 0 Å². The van der Waals surface area contributed by atoms with Gasteiger partial charge in [-0.05, 0) is 30.8 Å². The summed E-state index contributed by atoms with van der Waals surface area (Å²) in [4.78, 5) is 17.9. The second-order valence-corrected chi connectivity index (χ2v) is 6.27. The van der Waals surface area contributed by atoms with Crippen LogP contribution >= 0.6 is 11.3 Å². The highest BCUT2D eigenvalue weighted by atomic mass is 32.1. The molecule has 0 N–H and O–H groups in total. The SMILES string of the molecule is O=C(CN1CCN2CCCCC2C1)c1cccs1. The van der Waals surface area contributed by atoms with Gasteiger partial charge in [-0.3, -0.25) is 14.6 Å². The van der Waals surface area contributed by atoms with Crippen LogP contribution in [0.25, 0.3) is 0 Å². The summed E-state index contributed by atoms with van der Waals surface area (Å²) in [5, 5.41) is 1.98. The first-order chi connectivity index (χ1) is 8.83. The molecule has 0 spiro atoms. The third kappa shape index (κ3) is 2.66. The minimum atomic E-state index is 0.286. The second kappa shape index (κ2) is 5.51. The molecule has 2 aliphatic heterocycles. The van der Waals surface area contributed by atoms with Crippen molar-refractivity contribution < 1.29 is 4.79 Å². The van der Waals surface area contributed by atoms with Gasteiger partial charge in [0.05, 0.1) is 11.4 Å². The van der Waals surface area contributed by atoms with Crippen molar-refractivity contribution >= 4 is 17.1 Å². The average Bonchev–Trinajstić information content (AvgIpc) is 2.92. The molecule has 3 nitrogen and oxygen atoms in total. The van der Waals surface area contributed by atoms with Gasteiger partial charge in [0.15, 0.2) is 5.78 Å². The van der Waals surface area contributed by atoms with Gasteiger partial charge in [-0.15, -0.1) is 11.3 Å². The summed E-state index contributed by atoms with van der Waals surface area (Å²) in [6.45, 7) is 5.13. The molecule has 98 valence electrons. The van der Waals surface area contributed by atoms with E-state index in [0.717, 1.165) is 24.5 Å². The Labute approximate surface area is 112 Å². The minimum Gasteiger partial charge on any atom is -0.298 e. The summed E-state index contributed by atoms with van der Waals surface area (Å²) >= 11 is 1.56. The van der Waals surface area contributed by atoms with Crippen molar-refractivity contribution in [2.45, 2.75) is 25.3 Å². The molecule has 2 saturated heterocycles. The van der Waals surface area contributed by atoms with Gasteiger partial charge in [-0.1, -0.05) is 12.5 Å². The highest BCUT2D eigenvalue weighted by molar-refractivity contribution is 7.12. The van der Waals surface area contributed by atoms with Crippen molar-refractivity contribution in [3.8, 4) is 0 Å². The Kier molecular flexibility index (Phi) is 3.77. The molecule has 1 aromatic rings. The van der Waals surface area contributed by atoms with Crippen LogP contribution in [-0.2, 0) is 0 Å². The predicted molar refractivity (Wildman–Crippen MR) is 74.3 cm³/mol. The number of hydrogen-bond acceptors (Lipinski definition) is 4. The van der Waals surface area contributed by atoms with Crippen molar-refractivity contribution in [1.29, 1.82) is 0 Å².